The number of nitrogens with one attached hydrogen (secondary N) is 2. The van der Waals surface area contributed by atoms with Gasteiger partial charge in [-0.15, -0.1) is 0 Å². The number of amides is 2. The Labute approximate surface area is 140 Å². The molecule has 2 N–H and O–H groups in total. The van der Waals surface area contributed by atoms with Gasteiger partial charge in [0.1, 0.15) is 5.69 Å². The Morgan fingerprint density at radius 1 is 1.28 bits per heavy atom. The van der Waals surface area contributed by atoms with Crippen molar-refractivity contribution < 1.29 is 27.3 Å². The average Bonchev–Trinajstić information content (AvgIpc) is 3.18. The lowest BCUT2D eigenvalue weighted by Crippen LogP contribution is -2.35. The highest BCUT2D eigenvalue weighted by Gasteiger charge is 2.35. The van der Waals surface area contributed by atoms with E-state index in [1.54, 1.807) is 18.5 Å². The Morgan fingerprint density at radius 2 is 1.92 bits per heavy atom. The van der Waals surface area contributed by atoms with Crippen LogP contribution < -0.4 is 10.6 Å². The molecule has 11 heteroatoms. The van der Waals surface area contributed by atoms with E-state index in [2.05, 4.69) is 25.3 Å². The maximum Gasteiger partial charge on any atom is 0.436 e. The molecule has 1 atom stereocenters. The summed E-state index contributed by atoms with van der Waals surface area (Å²) in [6, 6.07) is 0.532. The lowest BCUT2D eigenvalue weighted by Gasteiger charge is -2.13. The van der Waals surface area contributed by atoms with Crippen LogP contribution >= 0.6 is 0 Å². The quantitative estimate of drug-likeness (QED) is 0.808. The number of nitrogens with zero attached hydrogens (tertiary/aromatic N) is 3. The molecule has 2 aromatic heterocycles. The van der Waals surface area contributed by atoms with Crippen molar-refractivity contribution in [3.63, 3.8) is 0 Å². The molecule has 0 aliphatic carbocycles. The molecule has 136 valence electrons. The summed E-state index contributed by atoms with van der Waals surface area (Å²) in [6.45, 7) is 2.15. The molecule has 0 aromatic carbocycles. The number of imidazole rings is 1. The third-order valence-corrected chi connectivity index (χ3v) is 3.30. The van der Waals surface area contributed by atoms with Crippen LogP contribution in [0.3, 0.4) is 0 Å². The topological polar surface area (TPSA) is 102 Å². The number of hydrogen-bond acceptors (Lipinski definition) is 5. The first-order valence-corrected chi connectivity index (χ1v) is 7.25. The van der Waals surface area contributed by atoms with Crippen LogP contribution in [0.25, 0.3) is 0 Å². The minimum Gasteiger partial charge on any atom is -0.350 e. The summed E-state index contributed by atoms with van der Waals surface area (Å²) in [5, 5.41) is 7.91. The minimum absolute atomic E-state index is 0.131. The summed E-state index contributed by atoms with van der Waals surface area (Å²) >= 11 is 0. The number of aryl methyl sites for hydroxylation is 1. The Kier molecular flexibility index (Phi) is 5.45. The summed E-state index contributed by atoms with van der Waals surface area (Å²) in [7, 11) is 1.68. The van der Waals surface area contributed by atoms with Crippen LogP contribution in [0.5, 0.6) is 0 Å². The number of rotatable bonds is 6. The largest absolute Gasteiger partial charge is 0.436 e. The molecule has 2 heterocycles. The van der Waals surface area contributed by atoms with E-state index in [1.165, 1.54) is 12.5 Å². The number of carbonyl (C=O) groups excluding carboxylic acids is 2. The standard InChI is InChI=1S/C14H16F3N5O3/c1-8(4-19-12(23)9-6-18-7-22(9)2)5-20-13(24)10-3-11(21-25-10)14(15,16)17/h3,6-8H,4-5H2,1-2H3,(H,19,23)(H,20,24). The van der Waals surface area contributed by atoms with Gasteiger partial charge in [-0.3, -0.25) is 9.59 Å². The molecule has 0 bridgehead atoms. The zero-order valence-corrected chi connectivity index (χ0v) is 13.4. The van der Waals surface area contributed by atoms with E-state index < -0.39 is 23.5 Å². The van der Waals surface area contributed by atoms with Crippen molar-refractivity contribution in [3.05, 3.63) is 35.7 Å². The Bertz CT molecular complexity index is 753. The number of hydrogen-bond donors (Lipinski definition) is 2. The molecule has 0 fully saturated rings. The number of carbonyl (C=O) groups is 2. The third kappa shape index (κ3) is 4.81. The normalized spacial score (nSPS) is 12.7. The molecule has 2 aromatic rings. The molecule has 1 unspecified atom stereocenters. The van der Waals surface area contributed by atoms with Crippen molar-refractivity contribution in [2.24, 2.45) is 13.0 Å². The van der Waals surface area contributed by atoms with E-state index in [-0.39, 0.29) is 24.9 Å². The first kappa shape index (κ1) is 18.5. The van der Waals surface area contributed by atoms with Crippen molar-refractivity contribution in [3.8, 4) is 0 Å². The highest BCUT2D eigenvalue weighted by atomic mass is 19.4. The smallest absolute Gasteiger partial charge is 0.350 e. The number of aromatic nitrogens is 3. The van der Waals surface area contributed by atoms with Gasteiger partial charge in [0.15, 0.2) is 5.69 Å². The second kappa shape index (κ2) is 7.36. The lowest BCUT2D eigenvalue weighted by atomic mass is 10.1. The van der Waals surface area contributed by atoms with Gasteiger partial charge in [-0.05, 0) is 5.92 Å². The van der Waals surface area contributed by atoms with Crippen LogP contribution in [-0.2, 0) is 13.2 Å². The van der Waals surface area contributed by atoms with Crippen LogP contribution in [0.4, 0.5) is 13.2 Å². The van der Waals surface area contributed by atoms with Gasteiger partial charge in [0.25, 0.3) is 11.8 Å². The highest BCUT2D eigenvalue weighted by molar-refractivity contribution is 5.92. The van der Waals surface area contributed by atoms with Crippen molar-refractivity contribution >= 4 is 11.8 Å². The molecule has 2 rings (SSSR count). The van der Waals surface area contributed by atoms with Crippen LogP contribution in [0, 0.1) is 5.92 Å². The van der Waals surface area contributed by atoms with Gasteiger partial charge < -0.3 is 19.7 Å². The molecule has 0 radical (unpaired) electrons. The van der Waals surface area contributed by atoms with Crippen molar-refractivity contribution in [2.75, 3.05) is 13.1 Å². The maximum absolute atomic E-state index is 12.4. The van der Waals surface area contributed by atoms with E-state index >= 15 is 0 Å². The third-order valence-electron chi connectivity index (χ3n) is 3.30. The molecular formula is C14H16F3N5O3. The zero-order chi connectivity index (χ0) is 18.6. The fourth-order valence-corrected chi connectivity index (χ4v) is 1.88. The molecule has 8 nitrogen and oxygen atoms in total. The molecule has 0 saturated heterocycles. The van der Waals surface area contributed by atoms with Gasteiger partial charge in [0, 0.05) is 26.2 Å². The summed E-state index contributed by atoms with van der Waals surface area (Å²) in [5.41, 5.74) is -0.883. The second-order valence-electron chi connectivity index (χ2n) is 5.49. The molecule has 2 amide bonds. The second-order valence-corrected chi connectivity index (χ2v) is 5.49. The molecular weight excluding hydrogens is 343 g/mol. The molecule has 0 saturated carbocycles. The molecule has 0 spiro atoms. The van der Waals surface area contributed by atoms with Crippen molar-refractivity contribution in [1.29, 1.82) is 0 Å². The fourth-order valence-electron chi connectivity index (χ4n) is 1.88. The lowest BCUT2D eigenvalue weighted by molar-refractivity contribution is -0.142. The van der Waals surface area contributed by atoms with E-state index in [0.717, 1.165) is 0 Å². The summed E-state index contributed by atoms with van der Waals surface area (Å²) in [6.07, 6.45) is -1.76. The molecule has 0 aliphatic heterocycles. The SMILES string of the molecule is CC(CNC(=O)c1cc(C(F)(F)F)no1)CNC(=O)c1cncn1C. The van der Waals surface area contributed by atoms with Gasteiger partial charge in [-0.2, -0.15) is 13.2 Å². The first-order valence-electron chi connectivity index (χ1n) is 7.25. The van der Waals surface area contributed by atoms with Crippen molar-refractivity contribution in [1.82, 2.24) is 25.3 Å². The van der Waals surface area contributed by atoms with E-state index in [1.807, 2.05) is 0 Å². The van der Waals surface area contributed by atoms with Crippen LogP contribution in [0.2, 0.25) is 0 Å². The molecule has 25 heavy (non-hydrogen) atoms. The Balaban J connectivity index is 1.78. The Hall–Kier alpha value is -2.85. The van der Waals surface area contributed by atoms with Crippen LogP contribution in [0.1, 0.15) is 33.7 Å². The summed E-state index contributed by atoms with van der Waals surface area (Å²) in [4.78, 5) is 27.5. The maximum atomic E-state index is 12.4. The van der Waals surface area contributed by atoms with E-state index in [9.17, 15) is 22.8 Å². The Morgan fingerprint density at radius 3 is 2.44 bits per heavy atom. The monoisotopic (exact) mass is 359 g/mol. The van der Waals surface area contributed by atoms with E-state index in [0.29, 0.717) is 11.8 Å². The number of alkyl halides is 3. The minimum atomic E-state index is -4.68. The summed E-state index contributed by atoms with van der Waals surface area (Å²) in [5.74, 6) is -1.82. The average molecular weight is 359 g/mol. The van der Waals surface area contributed by atoms with Gasteiger partial charge in [0.05, 0.1) is 12.5 Å². The first-order chi connectivity index (χ1) is 11.7. The van der Waals surface area contributed by atoms with E-state index in [4.69, 9.17) is 0 Å². The van der Waals surface area contributed by atoms with Crippen LogP contribution in [-0.4, -0.2) is 39.6 Å². The number of halogens is 3. The predicted octanol–water partition coefficient (Wildman–Crippen LogP) is 1.22. The summed E-state index contributed by atoms with van der Waals surface area (Å²) < 4.78 is 43.1. The van der Waals surface area contributed by atoms with Gasteiger partial charge in [-0.1, -0.05) is 12.1 Å². The predicted molar refractivity (Wildman–Crippen MR) is 78.5 cm³/mol. The van der Waals surface area contributed by atoms with Gasteiger partial charge >= 0.3 is 6.18 Å². The van der Waals surface area contributed by atoms with Gasteiger partial charge in [-0.25, -0.2) is 4.98 Å². The van der Waals surface area contributed by atoms with Crippen molar-refractivity contribution in [2.45, 2.75) is 13.1 Å². The zero-order valence-electron chi connectivity index (χ0n) is 13.4. The highest BCUT2D eigenvalue weighted by Crippen LogP contribution is 2.28. The fraction of sp³-hybridized carbons (Fsp3) is 0.429. The molecule has 0 aliphatic rings. The van der Waals surface area contributed by atoms with Crippen LogP contribution in [0.15, 0.2) is 23.1 Å². The van der Waals surface area contributed by atoms with Gasteiger partial charge in [0.2, 0.25) is 5.76 Å².